The highest BCUT2D eigenvalue weighted by Gasteiger charge is 2.22. The van der Waals surface area contributed by atoms with Crippen LogP contribution in [-0.4, -0.2) is 42.5 Å². The SMILES string of the molecule is CS(=O)(=O)N(CC(=O)NC1CCCCCC1)Cc1ccccn1. The molecule has 0 saturated heterocycles. The maximum absolute atomic E-state index is 12.2. The van der Waals surface area contributed by atoms with Crippen LogP contribution in [0.15, 0.2) is 24.4 Å². The number of rotatable bonds is 6. The lowest BCUT2D eigenvalue weighted by Gasteiger charge is -2.21. The van der Waals surface area contributed by atoms with Crippen molar-refractivity contribution in [1.29, 1.82) is 0 Å². The van der Waals surface area contributed by atoms with Gasteiger partial charge in [0.15, 0.2) is 0 Å². The first-order valence-electron chi connectivity index (χ1n) is 8.09. The van der Waals surface area contributed by atoms with E-state index in [2.05, 4.69) is 10.3 Å². The molecule has 2 rings (SSSR count). The minimum Gasteiger partial charge on any atom is -0.352 e. The quantitative estimate of drug-likeness (QED) is 0.800. The Labute approximate surface area is 138 Å². The lowest BCUT2D eigenvalue weighted by molar-refractivity contribution is -0.122. The van der Waals surface area contributed by atoms with E-state index in [-0.39, 0.29) is 25.0 Å². The van der Waals surface area contributed by atoms with Crippen LogP contribution in [0.2, 0.25) is 0 Å². The average Bonchev–Trinajstić information content (AvgIpc) is 2.75. The van der Waals surface area contributed by atoms with Crippen LogP contribution >= 0.6 is 0 Å². The third kappa shape index (κ3) is 6.27. The molecule has 1 aromatic heterocycles. The summed E-state index contributed by atoms with van der Waals surface area (Å²) in [6, 6.07) is 5.49. The van der Waals surface area contributed by atoms with E-state index in [0.29, 0.717) is 5.69 Å². The average molecular weight is 339 g/mol. The Morgan fingerprint density at radius 2 is 1.96 bits per heavy atom. The van der Waals surface area contributed by atoms with Crippen LogP contribution in [0.25, 0.3) is 0 Å². The molecule has 0 aromatic carbocycles. The molecule has 23 heavy (non-hydrogen) atoms. The summed E-state index contributed by atoms with van der Waals surface area (Å²) in [6.45, 7) is -0.0519. The van der Waals surface area contributed by atoms with Crippen LogP contribution in [0.4, 0.5) is 0 Å². The number of hydrogen-bond acceptors (Lipinski definition) is 4. The van der Waals surface area contributed by atoms with Crippen LogP contribution in [0.3, 0.4) is 0 Å². The van der Waals surface area contributed by atoms with Gasteiger partial charge in [0, 0.05) is 12.2 Å². The van der Waals surface area contributed by atoms with Gasteiger partial charge in [0.1, 0.15) is 0 Å². The summed E-state index contributed by atoms with van der Waals surface area (Å²) in [4.78, 5) is 16.4. The van der Waals surface area contributed by atoms with Crippen molar-refractivity contribution in [3.8, 4) is 0 Å². The zero-order chi connectivity index (χ0) is 16.7. The van der Waals surface area contributed by atoms with E-state index >= 15 is 0 Å². The summed E-state index contributed by atoms with van der Waals surface area (Å²) in [6.07, 6.45) is 9.35. The molecular formula is C16H25N3O3S. The molecule has 0 radical (unpaired) electrons. The Bertz CT molecular complexity index is 596. The molecule has 1 aliphatic rings. The van der Waals surface area contributed by atoms with E-state index < -0.39 is 10.0 Å². The van der Waals surface area contributed by atoms with Crippen molar-refractivity contribution >= 4 is 15.9 Å². The second-order valence-electron chi connectivity index (χ2n) is 6.11. The van der Waals surface area contributed by atoms with Gasteiger partial charge < -0.3 is 5.32 Å². The predicted molar refractivity (Wildman–Crippen MR) is 89.1 cm³/mol. The Morgan fingerprint density at radius 3 is 2.52 bits per heavy atom. The number of carbonyl (C=O) groups excluding carboxylic acids is 1. The van der Waals surface area contributed by atoms with Gasteiger partial charge in [0.25, 0.3) is 0 Å². The first kappa shape index (κ1) is 17.9. The van der Waals surface area contributed by atoms with Gasteiger partial charge in [-0.05, 0) is 25.0 Å². The Balaban J connectivity index is 1.95. The van der Waals surface area contributed by atoms with E-state index in [1.165, 1.54) is 17.1 Å². The van der Waals surface area contributed by atoms with E-state index in [0.717, 1.165) is 31.9 Å². The molecule has 0 unspecified atom stereocenters. The molecule has 1 N–H and O–H groups in total. The van der Waals surface area contributed by atoms with Crippen LogP contribution in [0.5, 0.6) is 0 Å². The first-order valence-corrected chi connectivity index (χ1v) is 9.94. The van der Waals surface area contributed by atoms with Gasteiger partial charge >= 0.3 is 0 Å². The normalized spacial score (nSPS) is 17.0. The van der Waals surface area contributed by atoms with Crippen LogP contribution in [0, 0.1) is 0 Å². The lowest BCUT2D eigenvalue weighted by atomic mass is 10.1. The fourth-order valence-electron chi connectivity index (χ4n) is 2.82. The fourth-order valence-corrected chi connectivity index (χ4v) is 3.54. The molecule has 0 spiro atoms. The molecule has 7 heteroatoms. The van der Waals surface area contributed by atoms with Gasteiger partial charge in [0.2, 0.25) is 15.9 Å². The second kappa shape index (κ2) is 8.40. The standard InChI is InChI=1S/C16H25N3O3S/c1-23(21,22)19(12-15-10-6-7-11-17-15)13-16(20)18-14-8-4-2-3-5-9-14/h6-7,10-11,14H,2-5,8-9,12-13H2,1H3,(H,18,20). The number of sulfonamides is 1. The summed E-state index contributed by atoms with van der Waals surface area (Å²) in [5.41, 5.74) is 0.625. The summed E-state index contributed by atoms with van der Waals surface area (Å²) >= 11 is 0. The van der Waals surface area contributed by atoms with E-state index in [9.17, 15) is 13.2 Å². The number of hydrogen-bond donors (Lipinski definition) is 1. The summed E-state index contributed by atoms with van der Waals surface area (Å²) in [5.74, 6) is -0.238. The van der Waals surface area contributed by atoms with Gasteiger partial charge in [-0.2, -0.15) is 4.31 Å². The topological polar surface area (TPSA) is 79.4 Å². The number of aromatic nitrogens is 1. The van der Waals surface area contributed by atoms with E-state index in [1.807, 2.05) is 0 Å². The molecule has 0 aliphatic heterocycles. The van der Waals surface area contributed by atoms with Crippen molar-refractivity contribution in [2.75, 3.05) is 12.8 Å². The molecule has 1 aliphatic carbocycles. The van der Waals surface area contributed by atoms with Crippen molar-refractivity contribution in [3.63, 3.8) is 0 Å². The minimum absolute atomic E-state index is 0.109. The van der Waals surface area contributed by atoms with Gasteiger partial charge in [-0.3, -0.25) is 9.78 Å². The van der Waals surface area contributed by atoms with Crippen LogP contribution < -0.4 is 5.32 Å². The minimum atomic E-state index is -3.47. The van der Waals surface area contributed by atoms with Crippen molar-refractivity contribution < 1.29 is 13.2 Å². The lowest BCUT2D eigenvalue weighted by Crippen LogP contribution is -2.43. The Morgan fingerprint density at radius 1 is 1.26 bits per heavy atom. The van der Waals surface area contributed by atoms with Crippen LogP contribution in [0.1, 0.15) is 44.2 Å². The van der Waals surface area contributed by atoms with Crippen LogP contribution in [-0.2, 0) is 21.4 Å². The molecule has 1 amide bonds. The highest BCUT2D eigenvalue weighted by molar-refractivity contribution is 7.88. The van der Waals surface area contributed by atoms with E-state index in [1.54, 1.807) is 24.4 Å². The molecule has 1 fully saturated rings. The third-order valence-corrected chi connectivity index (χ3v) is 5.27. The fraction of sp³-hybridized carbons (Fsp3) is 0.625. The maximum atomic E-state index is 12.2. The second-order valence-corrected chi connectivity index (χ2v) is 8.09. The highest BCUT2D eigenvalue weighted by atomic mass is 32.2. The molecule has 0 bridgehead atoms. The van der Waals surface area contributed by atoms with Crippen molar-refractivity contribution in [2.45, 2.75) is 51.1 Å². The summed E-state index contributed by atoms with van der Waals surface area (Å²) in [7, 11) is -3.47. The zero-order valence-electron chi connectivity index (χ0n) is 13.6. The smallest absolute Gasteiger partial charge is 0.235 e. The molecule has 1 aromatic rings. The number of carbonyl (C=O) groups is 1. The summed E-state index contributed by atoms with van der Waals surface area (Å²) in [5, 5.41) is 2.98. The Hall–Kier alpha value is -1.47. The first-order chi connectivity index (χ1) is 10.9. The molecular weight excluding hydrogens is 314 g/mol. The number of amides is 1. The molecule has 0 atom stereocenters. The number of nitrogens with zero attached hydrogens (tertiary/aromatic N) is 2. The highest BCUT2D eigenvalue weighted by Crippen LogP contribution is 2.17. The van der Waals surface area contributed by atoms with Crippen molar-refractivity contribution in [1.82, 2.24) is 14.6 Å². The van der Waals surface area contributed by atoms with Crippen molar-refractivity contribution in [2.24, 2.45) is 0 Å². The molecule has 1 saturated carbocycles. The summed E-state index contributed by atoms with van der Waals surface area (Å²) < 4.78 is 25.0. The monoisotopic (exact) mass is 339 g/mol. The molecule has 6 nitrogen and oxygen atoms in total. The van der Waals surface area contributed by atoms with Gasteiger partial charge in [-0.25, -0.2) is 8.42 Å². The third-order valence-electron chi connectivity index (χ3n) is 4.07. The predicted octanol–water partition coefficient (Wildman–Crippen LogP) is 1.68. The van der Waals surface area contributed by atoms with Gasteiger partial charge in [-0.1, -0.05) is 31.7 Å². The number of nitrogens with one attached hydrogen (secondary N) is 1. The van der Waals surface area contributed by atoms with Gasteiger partial charge in [-0.15, -0.1) is 0 Å². The molecule has 128 valence electrons. The van der Waals surface area contributed by atoms with Gasteiger partial charge in [0.05, 0.1) is 25.0 Å². The Kier molecular flexibility index (Phi) is 6.53. The maximum Gasteiger partial charge on any atom is 0.235 e. The van der Waals surface area contributed by atoms with E-state index in [4.69, 9.17) is 0 Å². The molecule has 1 heterocycles. The van der Waals surface area contributed by atoms with Crippen molar-refractivity contribution in [3.05, 3.63) is 30.1 Å². The number of pyridine rings is 1. The zero-order valence-corrected chi connectivity index (χ0v) is 14.4. The largest absolute Gasteiger partial charge is 0.352 e.